The smallest absolute Gasteiger partial charge is 0.220 e. The molecular weight excluding hydrogens is 311 g/mol. The van der Waals surface area contributed by atoms with Crippen molar-refractivity contribution in [1.82, 2.24) is 5.32 Å². The van der Waals surface area contributed by atoms with Crippen molar-refractivity contribution in [3.8, 4) is 0 Å². The number of hydrogen-bond acceptors (Lipinski definition) is 2. The molecule has 1 aromatic carbocycles. The number of halogens is 2. The molecule has 1 aliphatic rings. The molecule has 0 bridgehead atoms. The summed E-state index contributed by atoms with van der Waals surface area (Å²) in [5.74, 6) is -0.473. The van der Waals surface area contributed by atoms with Crippen molar-refractivity contribution >= 4 is 21.8 Å². The summed E-state index contributed by atoms with van der Waals surface area (Å²) < 4.78 is 14.1. The van der Waals surface area contributed by atoms with Crippen molar-refractivity contribution in [2.45, 2.75) is 38.3 Å². The van der Waals surface area contributed by atoms with Gasteiger partial charge in [-0.25, -0.2) is 4.39 Å². The van der Waals surface area contributed by atoms with Gasteiger partial charge in [-0.3, -0.25) is 4.79 Å². The summed E-state index contributed by atoms with van der Waals surface area (Å²) >= 11 is 3.41. The van der Waals surface area contributed by atoms with Crippen LogP contribution in [0.3, 0.4) is 0 Å². The molecule has 2 atom stereocenters. The third-order valence-corrected chi connectivity index (χ3v) is 4.44. The largest absolute Gasteiger partial charge is 0.369 e. The Balaban J connectivity index is 1.91. The van der Waals surface area contributed by atoms with Crippen LogP contribution in [0, 0.1) is 11.7 Å². The molecule has 0 spiro atoms. The fraction of sp³-hybridized carbons (Fsp3) is 0.500. The van der Waals surface area contributed by atoms with E-state index < -0.39 is 0 Å². The molecule has 3 nitrogen and oxygen atoms in total. The summed E-state index contributed by atoms with van der Waals surface area (Å²) in [5.41, 5.74) is 6.25. The van der Waals surface area contributed by atoms with Crippen LogP contribution in [-0.4, -0.2) is 11.9 Å². The molecule has 0 radical (unpaired) electrons. The Morgan fingerprint density at radius 3 is 3.00 bits per heavy atom. The van der Waals surface area contributed by atoms with Gasteiger partial charge in [-0.15, -0.1) is 0 Å². The number of carbonyl (C=O) groups is 1. The molecule has 1 aliphatic carbocycles. The lowest BCUT2D eigenvalue weighted by Crippen LogP contribution is -2.38. The average Bonchev–Trinajstić information content (AvgIpc) is 2.40. The predicted molar refractivity (Wildman–Crippen MR) is 75.9 cm³/mol. The molecule has 1 amide bonds. The van der Waals surface area contributed by atoms with Gasteiger partial charge in [-0.1, -0.05) is 22.4 Å². The third kappa shape index (κ3) is 4.01. The first-order chi connectivity index (χ1) is 9.06. The maximum Gasteiger partial charge on any atom is 0.220 e. The van der Waals surface area contributed by atoms with Crippen molar-refractivity contribution in [3.05, 3.63) is 34.1 Å². The molecule has 1 aromatic rings. The van der Waals surface area contributed by atoms with Crippen LogP contribution < -0.4 is 11.1 Å². The molecule has 104 valence electrons. The Morgan fingerprint density at radius 2 is 2.26 bits per heavy atom. The van der Waals surface area contributed by atoms with Gasteiger partial charge in [0, 0.05) is 23.0 Å². The summed E-state index contributed by atoms with van der Waals surface area (Å²) in [7, 11) is 0. The van der Waals surface area contributed by atoms with Crippen LogP contribution in [0.5, 0.6) is 0 Å². The van der Waals surface area contributed by atoms with E-state index in [0.29, 0.717) is 6.54 Å². The fourth-order valence-electron chi connectivity index (χ4n) is 2.57. The summed E-state index contributed by atoms with van der Waals surface area (Å²) in [6.07, 6.45) is 3.71. The fourth-order valence-corrected chi connectivity index (χ4v) is 2.95. The highest BCUT2D eigenvalue weighted by atomic mass is 79.9. The van der Waals surface area contributed by atoms with Gasteiger partial charge in [0.1, 0.15) is 5.82 Å². The SMILES string of the molecule is NC(=O)C1CCCC(NCc2cc(F)ccc2Br)C1. The normalized spacial score (nSPS) is 23.3. The van der Waals surface area contributed by atoms with Crippen molar-refractivity contribution in [3.63, 3.8) is 0 Å². The van der Waals surface area contributed by atoms with E-state index in [0.717, 1.165) is 35.7 Å². The maximum atomic E-state index is 13.2. The zero-order valence-electron chi connectivity index (χ0n) is 10.7. The van der Waals surface area contributed by atoms with E-state index in [1.54, 1.807) is 6.07 Å². The number of rotatable bonds is 4. The summed E-state index contributed by atoms with van der Waals surface area (Å²) in [4.78, 5) is 11.2. The van der Waals surface area contributed by atoms with Gasteiger partial charge < -0.3 is 11.1 Å². The van der Waals surface area contributed by atoms with Crippen LogP contribution >= 0.6 is 15.9 Å². The molecule has 5 heteroatoms. The minimum atomic E-state index is -0.237. The van der Waals surface area contributed by atoms with Gasteiger partial charge in [0.25, 0.3) is 0 Å². The molecule has 2 unspecified atom stereocenters. The minimum Gasteiger partial charge on any atom is -0.369 e. The Labute approximate surface area is 120 Å². The molecule has 2 rings (SSSR count). The third-order valence-electron chi connectivity index (χ3n) is 3.67. The van der Waals surface area contributed by atoms with E-state index in [9.17, 15) is 9.18 Å². The van der Waals surface area contributed by atoms with Crippen molar-refractivity contribution < 1.29 is 9.18 Å². The molecule has 1 saturated carbocycles. The van der Waals surface area contributed by atoms with Crippen LogP contribution in [0.1, 0.15) is 31.2 Å². The second-order valence-electron chi connectivity index (χ2n) is 5.08. The number of primary amides is 1. The molecule has 1 fully saturated rings. The minimum absolute atomic E-state index is 0.0257. The van der Waals surface area contributed by atoms with E-state index in [4.69, 9.17) is 5.73 Å². The first kappa shape index (κ1) is 14.5. The zero-order chi connectivity index (χ0) is 13.8. The van der Waals surface area contributed by atoms with Crippen molar-refractivity contribution in [2.24, 2.45) is 11.7 Å². The summed E-state index contributed by atoms with van der Waals surface area (Å²) in [6.45, 7) is 0.592. The van der Waals surface area contributed by atoms with E-state index in [-0.39, 0.29) is 23.7 Å². The van der Waals surface area contributed by atoms with Crippen LogP contribution in [0.15, 0.2) is 22.7 Å². The highest BCUT2D eigenvalue weighted by Crippen LogP contribution is 2.25. The molecule has 0 heterocycles. The van der Waals surface area contributed by atoms with E-state index in [2.05, 4.69) is 21.2 Å². The van der Waals surface area contributed by atoms with Crippen LogP contribution in [0.4, 0.5) is 4.39 Å². The Bertz CT molecular complexity index is 467. The first-order valence-corrected chi connectivity index (χ1v) is 7.32. The highest BCUT2D eigenvalue weighted by Gasteiger charge is 2.25. The Hall–Kier alpha value is -0.940. The number of hydrogen-bond donors (Lipinski definition) is 2. The lowest BCUT2D eigenvalue weighted by molar-refractivity contribution is -0.122. The van der Waals surface area contributed by atoms with E-state index >= 15 is 0 Å². The standard InChI is InChI=1S/C14H18BrFN2O/c15-13-5-4-11(16)6-10(13)8-18-12-3-1-2-9(7-12)14(17)19/h4-6,9,12,18H,1-3,7-8H2,(H2,17,19). The van der Waals surface area contributed by atoms with Crippen LogP contribution in [-0.2, 0) is 11.3 Å². The van der Waals surface area contributed by atoms with Gasteiger partial charge in [-0.05, 0) is 43.0 Å². The van der Waals surface area contributed by atoms with E-state index in [1.807, 2.05) is 0 Å². The zero-order valence-corrected chi connectivity index (χ0v) is 12.2. The summed E-state index contributed by atoms with van der Waals surface area (Å²) in [5, 5.41) is 3.39. The summed E-state index contributed by atoms with van der Waals surface area (Å²) in [6, 6.07) is 4.93. The van der Waals surface area contributed by atoms with Crippen molar-refractivity contribution in [1.29, 1.82) is 0 Å². The highest BCUT2D eigenvalue weighted by molar-refractivity contribution is 9.10. The first-order valence-electron chi connectivity index (χ1n) is 6.53. The molecule has 3 N–H and O–H groups in total. The molecular formula is C14H18BrFN2O. The molecule has 0 aromatic heterocycles. The van der Waals surface area contributed by atoms with Crippen molar-refractivity contribution in [2.75, 3.05) is 0 Å². The Kier molecular flexibility index (Phi) is 4.93. The van der Waals surface area contributed by atoms with Gasteiger partial charge >= 0.3 is 0 Å². The predicted octanol–water partition coefficient (Wildman–Crippen LogP) is 2.72. The van der Waals surface area contributed by atoms with Gasteiger partial charge in [-0.2, -0.15) is 0 Å². The van der Waals surface area contributed by atoms with Gasteiger partial charge in [0.05, 0.1) is 0 Å². The van der Waals surface area contributed by atoms with Crippen LogP contribution in [0.25, 0.3) is 0 Å². The number of amides is 1. The quantitative estimate of drug-likeness (QED) is 0.892. The molecule has 19 heavy (non-hydrogen) atoms. The second-order valence-corrected chi connectivity index (χ2v) is 5.93. The van der Waals surface area contributed by atoms with Crippen LogP contribution in [0.2, 0.25) is 0 Å². The number of nitrogens with one attached hydrogen (secondary N) is 1. The van der Waals surface area contributed by atoms with E-state index in [1.165, 1.54) is 12.1 Å². The monoisotopic (exact) mass is 328 g/mol. The number of nitrogens with two attached hydrogens (primary N) is 1. The van der Waals surface area contributed by atoms with Gasteiger partial charge in [0.2, 0.25) is 5.91 Å². The number of carbonyl (C=O) groups excluding carboxylic acids is 1. The maximum absolute atomic E-state index is 13.2. The lowest BCUT2D eigenvalue weighted by atomic mass is 9.85. The topological polar surface area (TPSA) is 55.1 Å². The Morgan fingerprint density at radius 1 is 1.47 bits per heavy atom. The molecule has 0 aliphatic heterocycles. The average molecular weight is 329 g/mol. The number of benzene rings is 1. The lowest BCUT2D eigenvalue weighted by Gasteiger charge is -2.28. The second kappa shape index (κ2) is 6.48. The van der Waals surface area contributed by atoms with Gasteiger partial charge in [0.15, 0.2) is 0 Å². The molecule has 0 saturated heterocycles.